The van der Waals surface area contributed by atoms with Gasteiger partial charge in [-0.25, -0.2) is 0 Å². The topological polar surface area (TPSA) is 99.8 Å². The van der Waals surface area contributed by atoms with E-state index in [0.717, 1.165) is 41.9 Å². The maximum Gasteiger partial charge on any atom is 0.231 e. The van der Waals surface area contributed by atoms with Crippen LogP contribution in [-0.4, -0.2) is 37.1 Å². The van der Waals surface area contributed by atoms with Crippen molar-refractivity contribution in [1.29, 1.82) is 0 Å². The van der Waals surface area contributed by atoms with E-state index in [9.17, 15) is 4.79 Å². The lowest BCUT2D eigenvalue weighted by atomic mass is 9.90. The third-order valence-electron chi connectivity index (χ3n) is 6.35. The molecule has 1 aliphatic rings. The highest BCUT2D eigenvalue weighted by Gasteiger charge is 2.23. The van der Waals surface area contributed by atoms with Crippen molar-refractivity contribution in [1.82, 2.24) is 9.97 Å². The number of hydrogen-bond acceptors (Lipinski definition) is 8. The zero-order valence-corrected chi connectivity index (χ0v) is 20.3. The van der Waals surface area contributed by atoms with Gasteiger partial charge in [0.25, 0.3) is 0 Å². The molecular weight excluding hydrogens is 444 g/mol. The molecule has 1 heterocycles. The minimum atomic E-state index is 0.0532. The molecule has 2 aromatic carbocycles. The maximum atomic E-state index is 12.3. The maximum absolute atomic E-state index is 12.3. The number of ether oxygens (including phenoxy) is 3. The van der Waals surface area contributed by atoms with Gasteiger partial charge in [-0.2, -0.15) is 9.97 Å². The number of nitrogens with zero attached hydrogens (tertiary/aromatic N) is 3. The molecule has 0 amide bonds. The van der Waals surface area contributed by atoms with Gasteiger partial charge in [-0.15, -0.1) is 0 Å². The summed E-state index contributed by atoms with van der Waals surface area (Å²) >= 11 is 0. The molecule has 2 N–H and O–H groups in total. The molecule has 8 nitrogen and oxygen atoms in total. The van der Waals surface area contributed by atoms with Crippen molar-refractivity contribution in [2.45, 2.75) is 38.6 Å². The average Bonchev–Trinajstić information content (AvgIpc) is 2.91. The molecule has 35 heavy (non-hydrogen) atoms. The van der Waals surface area contributed by atoms with Crippen molar-refractivity contribution in [3.8, 4) is 17.4 Å². The summed E-state index contributed by atoms with van der Waals surface area (Å²) in [5.74, 6) is 2.63. The van der Waals surface area contributed by atoms with Crippen LogP contribution in [0.2, 0.25) is 0 Å². The van der Waals surface area contributed by atoms with Crippen molar-refractivity contribution in [3.63, 3.8) is 0 Å². The molecule has 0 saturated heterocycles. The van der Waals surface area contributed by atoms with Crippen LogP contribution in [0.3, 0.4) is 0 Å². The number of nitrogen functional groups attached to an aromatic ring is 1. The van der Waals surface area contributed by atoms with E-state index in [0.29, 0.717) is 24.9 Å². The lowest BCUT2D eigenvalue weighted by Gasteiger charge is -2.27. The molecule has 0 bridgehead atoms. The number of benzene rings is 2. The lowest BCUT2D eigenvalue weighted by Crippen LogP contribution is -2.22. The van der Waals surface area contributed by atoms with Crippen LogP contribution in [0.15, 0.2) is 48.5 Å². The van der Waals surface area contributed by atoms with Crippen LogP contribution in [0, 0.1) is 5.92 Å². The normalized spacial score (nSPS) is 13.8. The van der Waals surface area contributed by atoms with Gasteiger partial charge in [-0.05, 0) is 60.7 Å². The molecule has 4 rings (SSSR count). The first-order chi connectivity index (χ1) is 17.1. The fourth-order valence-electron chi connectivity index (χ4n) is 4.39. The minimum Gasteiger partial charge on any atom is -0.497 e. The number of carbonyl (C=O) groups is 1. The van der Waals surface area contributed by atoms with E-state index in [4.69, 9.17) is 19.9 Å². The second-order valence-electron chi connectivity index (χ2n) is 8.69. The van der Waals surface area contributed by atoms with E-state index in [1.807, 2.05) is 53.4 Å². The highest BCUT2D eigenvalue weighted by atomic mass is 16.5. The molecule has 8 heteroatoms. The first-order valence-corrected chi connectivity index (χ1v) is 11.9. The Morgan fingerprint density at radius 3 is 2.17 bits per heavy atom. The number of methoxy groups -OCH3 is 2. The summed E-state index contributed by atoms with van der Waals surface area (Å²) in [6, 6.07) is 15.3. The molecule has 184 valence electrons. The predicted octanol–water partition coefficient (Wildman–Crippen LogP) is 5.19. The van der Waals surface area contributed by atoms with Crippen molar-refractivity contribution in [3.05, 3.63) is 59.7 Å². The van der Waals surface area contributed by atoms with E-state index < -0.39 is 0 Å². The van der Waals surface area contributed by atoms with E-state index in [2.05, 4.69) is 9.97 Å². The SMILES string of the molecule is COc1ccc(CN(c2ccc(OC)cc2)c2nc(N)nc(OCC3CCCCC3)c2C=O)cc1. The Labute approximate surface area is 206 Å². The highest BCUT2D eigenvalue weighted by molar-refractivity contribution is 5.88. The fraction of sp³-hybridized carbons (Fsp3) is 0.370. The van der Waals surface area contributed by atoms with Crippen molar-refractivity contribution >= 4 is 23.7 Å². The number of hydrogen-bond donors (Lipinski definition) is 1. The predicted molar refractivity (Wildman–Crippen MR) is 136 cm³/mol. The van der Waals surface area contributed by atoms with Gasteiger partial charge in [0.05, 0.1) is 20.8 Å². The zero-order valence-electron chi connectivity index (χ0n) is 20.3. The van der Waals surface area contributed by atoms with E-state index in [-0.39, 0.29) is 17.4 Å². The quantitative estimate of drug-likeness (QED) is 0.399. The molecule has 3 aromatic rings. The number of rotatable bonds is 10. The van der Waals surface area contributed by atoms with Gasteiger partial charge in [0.15, 0.2) is 12.1 Å². The van der Waals surface area contributed by atoms with Crippen molar-refractivity contribution < 1.29 is 19.0 Å². The summed E-state index contributed by atoms with van der Waals surface area (Å²) in [5.41, 5.74) is 8.20. The van der Waals surface area contributed by atoms with Crippen LogP contribution in [0.4, 0.5) is 17.5 Å². The lowest BCUT2D eigenvalue weighted by molar-refractivity contribution is 0.111. The van der Waals surface area contributed by atoms with Gasteiger partial charge < -0.3 is 24.8 Å². The third kappa shape index (κ3) is 6.01. The Balaban J connectivity index is 1.71. The van der Waals surface area contributed by atoms with Gasteiger partial charge in [-0.1, -0.05) is 31.4 Å². The van der Waals surface area contributed by atoms with Gasteiger partial charge >= 0.3 is 0 Å². The summed E-state index contributed by atoms with van der Waals surface area (Å²) in [4.78, 5) is 23.0. The average molecular weight is 477 g/mol. The van der Waals surface area contributed by atoms with E-state index in [1.165, 1.54) is 19.3 Å². The van der Waals surface area contributed by atoms with Crippen LogP contribution in [0.1, 0.15) is 48.0 Å². The Kier molecular flexibility index (Phi) is 8.03. The first kappa shape index (κ1) is 24.3. The number of nitrogens with two attached hydrogens (primary N) is 1. The summed E-state index contributed by atoms with van der Waals surface area (Å²) in [7, 11) is 3.25. The second kappa shape index (κ2) is 11.6. The molecule has 1 saturated carbocycles. The molecule has 0 unspecified atom stereocenters. The zero-order chi connectivity index (χ0) is 24.6. The van der Waals surface area contributed by atoms with Crippen LogP contribution < -0.4 is 24.8 Å². The molecule has 1 aliphatic carbocycles. The van der Waals surface area contributed by atoms with Gasteiger partial charge in [0.1, 0.15) is 17.1 Å². The number of carbonyl (C=O) groups excluding carboxylic acids is 1. The van der Waals surface area contributed by atoms with E-state index >= 15 is 0 Å². The van der Waals surface area contributed by atoms with E-state index in [1.54, 1.807) is 14.2 Å². The number of aromatic nitrogens is 2. The Morgan fingerprint density at radius 1 is 0.943 bits per heavy atom. The summed E-state index contributed by atoms with van der Waals surface area (Å²) in [5, 5.41) is 0. The van der Waals surface area contributed by atoms with Gasteiger partial charge in [0.2, 0.25) is 11.8 Å². The van der Waals surface area contributed by atoms with Crippen LogP contribution in [0.25, 0.3) is 0 Å². The summed E-state index contributed by atoms with van der Waals surface area (Å²) < 4.78 is 16.7. The van der Waals surface area contributed by atoms with Gasteiger partial charge in [-0.3, -0.25) is 4.79 Å². The standard InChI is InChI=1S/C27H32N4O4/c1-33-22-12-8-19(9-13-22)16-31(21-10-14-23(34-2)15-11-21)25-24(17-32)26(30-27(28)29-25)35-18-20-6-4-3-5-7-20/h8-15,17,20H,3-7,16,18H2,1-2H3,(H2,28,29,30). The molecule has 1 fully saturated rings. The smallest absolute Gasteiger partial charge is 0.231 e. The molecule has 0 atom stereocenters. The summed E-state index contributed by atoms with van der Waals surface area (Å²) in [6.45, 7) is 0.952. The van der Waals surface area contributed by atoms with Crippen molar-refractivity contribution in [2.24, 2.45) is 5.92 Å². The minimum absolute atomic E-state index is 0.0532. The van der Waals surface area contributed by atoms with Crippen LogP contribution >= 0.6 is 0 Å². The Bertz CT molecular complexity index is 1110. The van der Waals surface area contributed by atoms with Gasteiger partial charge in [0, 0.05) is 12.2 Å². The highest BCUT2D eigenvalue weighted by Crippen LogP contribution is 2.34. The Hall–Kier alpha value is -3.81. The Morgan fingerprint density at radius 2 is 1.57 bits per heavy atom. The summed E-state index contributed by atoms with van der Waals surface area (Å²) in [6.07, 6.45) is 6.68. The molecule has 0 aliphatic heterocycles. The van der Waals surface area contributed by atoms with Crippen LogP contribution in [-0.2, 0) is 6.54 Å². The van der Waals surface area contributed by atoms with Crippen molar-refractivity contribution in [2.75, 3.05) is 31.5 Å². The molecule has 0 radical (unpaired) electrons. The second-order valence-corrected chi connectivity index (χ2v) is 8.69. The first-order valence-electron chi connectivity index (χ1n) is 11.9. The molecule has 1 aromatic heterocycles. The number of aldehydes is 1. The monoisotopic (exact) mass is 476 g/mol. The molecule has 0 spiro atoms. The number of anilines is 3. The molecular formula is C27H32N4O4. The van der Waals surface area contributed by atoms with Crippen LogP contribution in [0.5, 0.6) is 17.4 Å². The fourth-order valence-corrected chi connectivity index (χ4v) is 4.39. The largest absolute Gasteiger partial charge is 0.497 e. The third-order valence-corrected chi connectivity index (χ3v) is 6.35.